The van der Waals surface area contributed by atoms with Gasteiger partial charge in [0.15, 0.2) is 0 Å². The monoisotopic (exact) mass is 245 g/mol. The highest BCUT2D eigenvalue weighted by molar-refractivity contribution is 5.35. The van der Waals surface area contributed by atoms with Crippen molar-refractivity contribution in [3.8, 4) is 0 Å². The van der Waals surface area contributed by atoms with Crippen molar-refractivity contribution in [1.82, 2.24) is 10.2 Å². The lowest BCUT2D eigenvalue weighted by atomic mass is 9.90. The molecule has 1 aliphatic heterocycles. The van der Waals surface area contributed by atoms with Gasteiger partial charge in [0.05, 0.1) is 6.17 Å². The predicted molar refractivity (Wildman–Crippen MR) is 74.5 cm³/mol. The van der Waals surface area contributed by atoms with Crippen LogP contribution < -0.4 is 11.1 Å². The first-order valence-electron chi connectivity index (χ1n) is 7.16. The highest BCUT2D eigenvalue weighted by Crippen LogP contribution is 2.25. The maximum absolute atomic E-state index is 6.40. The normalized spacial score (nSPS) is 22.5. The number of rotatable bonds is 2. The quantitative estimate of drug-likeness (QED) is 0.828. The second kappa shape index (κ2) is 5.39. The molecule has 1 fully saturated rings. The highest BCUT2D eigenvalue weighted by atomic mass is 15.3. The largest absolute Gasteiger partial charge is 0.314 e. The van der Waals surface area contributed by atoms with Gasteiger partial charge in [-0.15, -0.1) is 0 Å². The van der Waals surface area contributed by atoms with Gasteiger partial charge in [-0.05, 0) is 42.4 Å². The third kappa shape index (κ3) is 2.44. The summed E-state index contributed by atoms with van der Waals surface area (Å²) in [5, 5.41) is 3.37. The van der Waals surface area contributed by atoms with Crippen LogP contribution in [0.4, 0.5) is 0 Å². The van der Waals surface area contributed by atoms with Crippen molar-refractivity contribution in [2.75, 3.05) is 26.2 Å². The molecule has 98 valence electrons. The molecule has 3 heteroatoms. The zero-order valence-electron chi connectivity index (χ0n) is 11.0. The lowest BCUT2D eigenvalue weighted by molar-refractivity contribution is 0.177. The second-order valence-electron chi connectivity index (χ2n) is 5.47. The average Bonchev–Trinajstić information content (AvgIpc) is 2.47. The topological polar surface area (TPSA) is 41.3 Å². The summed E-state index contributed by atoms with van der Waals surface area (Å²) in [5.74, 6) is 0. The number of fused-ring (bicyclic) bond motifs is 1. The fraction of sp³-hybridized carbons (Fsp3) is 0.600. The zero-order valence-corrected chi connectivity index (χ0v) is 11.0. The Kier molecular flexibility index (Phi) is 3.64. The predicted octanol–water partition coefficient (Wildman–Crippen LogP) is 1.43. The van der Waals surface area contributed by atoms with Crippen LogP contribution in [-0.4, -0.2) is 31.1 Å². The third-order valence-electron chi connectivity index (χ3n) is 4.26. The van der Waals surface area contributed by atoms with Crippen LogP contribution in [0.15, 0.2) is 18.2 Å². The van der Waals surface area contributed by atoms with Crippen molar-refractivity contribution in [1.29, 1.82) is 0 Å². The first-order valence-corrected chi connectivity index (χ1v) is 7.16. The highest BCUT2D eigenvalue weighted by Gasteiger charge is 2.19. The van der Waals surface area contributed by atoms with Crippen molar-refractivity contribution in [2.45, 2.75) is 31.8 Å². The summed E-state index contributed by atoms with van der Waals surface area (Å²) in [6, 6.07) is 6.88. The van der Waals surface area contributed by atoms with Crippen LogP contribution in [0.25, 0.3) is 0 Å². The molecule has 0 spiro atoms. The Bertz CT molecular complexity index is 410. The van der Waals surface area contributed by atoms with Gasteiger partial charge in [0.1, 0.15) is 0 Å². The van der Waals surface area contributed by atoms with E-state index in [0.29, 0.717) is 0 Å². The summed E-state index contributed by atoms with van der Waals surface area (Å²) >= 11 is 0. The molecule has 1 aromatic carbocycles. The molecule has 1 atom stereocenters. The zero-order chi connectivity index (χ0) is 12.4. The number of benzene rings is 1. The summed E-state index contributed by atoms with van der Waals surface area (Å²) in [7, 11) is 0. The lowest BCUT2D eigenvalue weighted by Gasteiger charge is -2.33. The van der Waals surface area contributed by atoms with Crippen molar-refractivity contribution in [3.63, 3.8) is 0 Å². The van der Waals surface area contributed by atoms with Gasteiger partial charge in [-0.3, -0.25) is 4.90 Å². The Morgan fingerprint density at radius 1 is 1.06 bits per heavy atom. The Morgan fingerprint density at radius 2 is 1.78 bits per heavy atom. The number of nitrogens with two attached hydrogens (primary N) is 1. The van der Waals surface area contributed by atoms with Crippen LogP contribution in [0.2, 0.25) is 0 Å². The first kappa shape index (κ1) is 12.2. The van der Waals surface area contributed by atoms with Crippen molar-refractivity contribution < 1.29 is 0 Å². The maximum Gasteiger partial charge on any atom is 0.0836 e. The van der Waals surface area contributed by atoms with Crippen molar-refractivity contribution >= 4 is 0 Å². The summed E-state index contributed by atoms with van der Waals surface area (Å²) in [6.45, 7) is 4.22. The lowest BCUT2D eigenvalue weighted by Crippen LogP contribution is -2.47. The van der Waals surface area contributed by atoms with Crippen LogP contribution in [-0.2, 0) is 12.8 Å². The van der Waals surface area contributed by atoms with Gasteiger partial charge in [-0.1, -0.05) is 18.2 Å². The molecule has 0 bridgehead atoms. The molecular formula is C15H23N3. The molecule has 3 rings (SSSR count). The van der Waals surface area contributed by atoms with Gasteiger partial charge in [0.25, 0.3) is 0 Å². The first-order chi connectivity index (χ1) is 8.84. The van der Waals surface area contributed by atoms with Crippen LogP contribution >= 0.6 is 0 Å². The Labute approximate surface area is 109 Å². The van der Waals surface area contributed by atoms with E-state index in [1.165, 1.54) is 42.4 Å². The van der Waals surface area contributed by atoms with E-state index in [1.54, 1.807) is 0 Å². The van der Waals surface area contributed by atoms with E-state index in [9.17, 15) is 0 Å². The Balaban J connectivity index is 1.78. The van der Waals surface area contributed by atoms with Crippen LogP contribution in [0, 0.1) is 0 Å². The minimum Gasteiger partial charge on any atom is -0.314 e. The molecular weight excluding hydrogens is 222 g/mol. The molecule has 3 nitrogen and oxygen atoms in total. The molecule has 1 heterocycles. The summed E-state index contributed by atoms with van der Waals surface area (Å²) in [5.41, 5.74) is 10.8. The van der Waals surface area contributed by atoms with E-state index in [0.717, 1.165) is 26.2 Å². The Hall–Kier alpha value is -0.900. The summed E-state index contributed by atoms with van der Waals surface area (Å²) < 4.78 is 0. The van der Waals surface area contributed by atoms with Crippen LogP contribution in [0.1, 0.15) is 35.7 Å². The van der Waals surface area contributed by atoms with Crippen molar-refractivity contribution in [2.24, 2.45) is 5.73 Å². The summed E-state index contributed by atoms with van der Waals surface area (Å²) in [4.78, 5) is 2.38. The fourth-order valence-corrected chi connectivity index (χ4v) is 3.11. The molecule has 1 aliphatic carbocycles. The molecule has 1 aromatic rings. The SMILES string of the molecule is NC(c1ccc2c(c1)CCCC2)N1CCNCC1. The fourth-order valence-electron chi connectivity index (χ4n) is 3.11. The van der Waals surface area contributed by atoms with E-state index < -0.39 is 0 Å². The number of nitrogens with zero attached hydrogens (tertiary/aromatic N) is 1. The Morgan fingerprint density at radius 3 is 2.56 bits per heavy atom. The van der Waals surface area contributed by atoms with Gasteiger partial charge in [0, 0.05) is 26.2 Å². The standard InChI is InChI=1S/C15H23N3/c16-15(18-9-7-17-8-10-18)14-6-5-12-3-1-2-4-13(12)11-14/h5-6,11,15,17H,1-4,7-10,16H2. The van der Waals surface area contributed by atoms with Gasteiger partial charge in [-0.25, -0.2) is 0 Å². The van der Waals surface area contributed by atoms with E-state index in [4.69, 9.17) is 5.73 Å². The molecule has 0 radical (unpaired) electrons. The number of nitrogens with one attached hydrogen (secondary N) is 1. The third-order valence-corrected chi connectivity index (χ3v) is 4.26. The van der Waals surface area contributed by atoms with Crippen LogP contribution in [0.3, 0.4) is 0 Å². The van der Waals surface area contributed by atoms with Gasteiger partial charge >= 0.3 is 0 Å². The molecule has 0 aromatic heterocycles. The van der Waals surface area contributed by atoms with Crippen molar-refractivity contribution in [3.05, 3.63) is 34.9 Å². The minimum absolute atomic E-state index is 0.0688. The molecule has 0 amide bonds. The average molecular weight is 245 g/mol. The molecule has 3 N–H and O–H groups in total. The van der Waals surface area contributed by atoms with E-state index in [2.05, 4.69) is 28.4 Å². The second-order valence-corrected chi connectivity index (χ2v) is 5.47. The van der Waals surface area contributed by atoms with Gasteiger partial charge in [-0.2, -0.15) is 0 Å². The smallest absolute Gasteiger partial charge is 0.0836 e. The number of aryl methyl sites for hydroxylation is 2. The number of hydrogen-bond acceptors (Lipinski definition) is 3. The van der Waals surface area contributed by atoms with E-state index in [-0.39, 0.29) is 6.17 Å². The molecule has 18 heavy (non-hydrogen) atoms. The molecule has 1 unspecified atom stereocenters. The van der Waals surface area contributed by atoms with Crippen LogP contribution in [0.5, 0.6) is 0 Å². The van der Waals surface area contributed by atoms with E-state index in [1.807, 2.05) is 0 Å². The number of hydrogen-bond donors (Lipinski definition) is 2. The van der Waals surface area contributed by atoms with E-state index >= 15 is 0 Å². The molecule has 0 saturated carbocycles. The number of piperazine rings is 1. The summed E-state index contributed by atoms with van der Waals surface area (Å²) in [6.07, 6.45) is 5.23. The maximum atomic E-state index is 6.40. The van der Waals surface area contributed by atoms with Gasteiger partial charge in [0.2, 0.25) is 0 Å². The van der Waals surface area contributed by atoms with Gasteiger partial charge < -0.3 is 11.1 Å². The molecule has 2 aliphatic rings. The molecule has 1 saturated heterocycles. The minimum atomic E-state index is 0.0688.